The lowest BCUT2D eigenvalue weighted by atomic mass is 10.2. The molecule has 1 aromatic carbocycles. The Balaban J connectivity index is 2.16. The van der Waals surface area contributed by atoms with Crippen LogP contribution in [0.4, 0.5) is 5.69 Å². The van der Waals surface area contributed by atoms with Crippen LogP contribution in [-0.2, 0) is 4.74 Å². The van der Waals surface area contributed by atoms with E-state index in [9.17, 15) is 0 Å². The van der Waals surface area contributed by atoms with Gasteiger partial charge in [0, 0.05) is 11.6 Å². The molecule has 14 heavy (non-hydrogen) atoms. The van der Waals surface area contributed by atoms with Gasteiger partial charge in [0.1, 0.15) is 11.9 Å². The summed E-state index contributed by atoms with van der Waals surface area (Å²) in [6.07, 6.45) is 0.0989. The van der Waals surface area contributed by atoms with E-state index in [1.165, 1.54) is 0 Å². The minimum atomic E-state index is 0.0989. The zero-order valence-electron chi connectivity index (χ0n) is 7.92. The largest absolute Gasteiger partial charge is 0.484 e. The highest BCUT2D eigenvalue weighted by atomic mass is 79.9. The first-order valence-electron chi connectivity index (χ1n) is 4.48. The van der Waals surface area contributed by atoms with Crippen LogP contribution < -0.4 is 10.1 Å². The summed E-state index contributed by atoms with van der Waals surface area (Å²) in [7, 11) is 1.68. The molecule has 0 radical (unpaired) electrons. The van der Waals surface area contributed by atoms with Crippen molar-refractivity contribution in [1.82, 2.24) is 0 Å². The maximum atomic E-state index is 5.74. The van der Waals surface area contributed by atoms with Crippen molar-refractivity contribution in [3.05, 3.63) is 22.7 Å². The van der Waals surface area contributed by atoms with Crippen LogP contribution in [0.25, 0.3) is 0 Å². The van der Waals surface area contributed by atoms with Gasteiger partial charge in [-0.3, -0.25) is 0 Å². The second-order valence-corrected chi connectivity index (χ2v) is 4.13. The molecule has 0 bridgehead atoms. The van der Waals surface area contributed by atoms with Gasteiger partial charge in [-0.05, 0) is 18.2 Å². The molecule has 1 aliphatic rings. The number of halogens is 1. The molecule has 0 aliphatic carbocycles. The Morgan fingerprint density at radius 2 is 2.50 bits per heavy atom. The maximum Gasteiger partial charge on any atom is 0.144 e. The number of rotatable bonds is 2. The molecule has 1 unspecified atom stereocenters. The molecule has 1 N–H and O–H groups in total. The number of ether oxygens (including phenoxy) is 2. The third kappa shape index (κ3) is 2.01. The maximum absolute atomic E-state index is 5.74. The summed E-state index contributed by atoms with van der Waals surface area (Å²) in [6, 6.07) is 5.96. The van der Waals surface area contributed by atoms with Gasteiger partial charge < -0.3 is 14.8 Å². The zero-order valence-corrected chi connectivity index (χ0v) is 9.50. The Hall–Kier alpha value is -0.740. The lowest BCUT2D eigenvalue weighted by Crippen LogP contribution is -2.34. The van der Waals surface area contributed by atoms with Crippen molar-refractivity contribution in [2.75, 3.05) is 25.6 Å². The normalized spacial score (nSPS) is 19.4. The van der Waals surface area contributed by atoms with Crippen LogP contribution >= 0.6 is 15.9 Å². The second kappa shape index (κ2) is 4.19. The van der Waals surface area contributed by atoms with Crippen LogP contribution in [0.2, 0.25) is 0 Å². The highest BCUT2D eigenvalue weighted by Crippen LogP contribution is 2.31. The summed E-state index contributed by atoms with van der Waals surface area (Å²) in [5.41, 5.74) is 1.04. The van der Waals surface area contributed by atoms with Gasteiger partial charge in [-0.15, -0.1) is 0 Å². The number of nitrogens with one attached hydrogen (secondary N) is 1. The second-order valence-electron chi connectivity index (χ2n) is 3.22. The van der Waals surface area contributed by atoms with E-state index in [-0.39, 0.29) is 6.10 Å². The Bertz CT molecular complexity index is 330. The van der Waals surface area contributed by atoms with E-state index < -0.39 is 0 Å². The lowest BCUT2D eigenvalue weighted by molar-refractivity contribution is 0.0847. The minimum absolute atomic E-state index is 0.0989. The molecule has 0 aromatic heterocycles. The van der Waals surface area contributed by atoms with E-state index in [0.29, 0.717) is 6.61 Å². The molecular formula is C10H12BrNO2. The van der Waals surface area contributed by atoms with E-state index in [2.05, 4.69) is 21.2 Å². The Morgan fingerprint density at radius 3 is 3.29 bits per heavy atom. The molecule has 2 rings (SSSR count). The first-order valence-corrected chi connectivity index (χ1v) is 5.28. The highest BCUT2D eigenvalue weighted by molar-refractivity contribution is 9.10. The van der Waals surface area contributed by atoms with E-state index in [0.717, 1.165) is 22.5 Å². The fraction of sp³-hybridized carbons (Fsp3) is 0.400. The first kappa shape index (κ1) is 9.80. The van der Waals surface area contributed by atoms with Crippen molar-refractivity contribution in [2.24, 2.45) is 0 Å². The smallest absolute Gasteiger partial charge is 0.144 e. The molecule has 0 saturated heterocycles. The molecule has 4 heteroatoms. The third-order valence-corrected chi connectivity index (χ3v) is 2.60. The fourth-order valence-electron chi connectivity index (χ4n) is 1.46. The van der Waals surface area contributed by atoms with Crippen LogP contribution in [0.1, 0.15) is 0 Å². The van der Waals surface area contributed by atoms with Crippen LogP contribution in [0.5, 0.6) is 5.75 Å². The van der Waals surface area contributed by atoms with Crippen molar-refractivity contribution in [1.29, 1.82) is 0 Å². The molecule has 1 aliphatic heterocycles. The molecular weight excluding hydrogens is 246 g/mol. The van der Waals surface area contributed by atoms with Crippen LogP contribution in [0.15, 0.2) is 22.7 Å². The summed E-state index contributed by atoms with van der Waals surface area (Å²) in [5, 5.41) is 3.30. The lowest BCUT2D eigenvalue weighted by Gasteiger charge is -2.26. The third-order valence-electron chi connectivity index (χ3n) is 2.11. The molecule has 0 amide bonds. The fourth-order valence-corrected chi connectivity index (χ4v) is 1.80. The van der Waals surface area contributed by atoms with Crippen LogP contribution in [0, 0.1) is 0 Å². The molecule has 0 saturated carbocycles. The van der Waals surface area contributed by atoms with Gasteiger partial charge in [0.05, 0.1) is 18.8 Å². The van der Waals surface area contributed by atoms with Crippen molar-refractivity contribution in [2.45, 2.75) is 6.10 Å². The van der Waals surface area contributed by atoms with Crippen LogP contribution in [-0.4, -0.2) is 26.4 Å². The Morgan fingerprint density at radius 1 is 1.64 bits per heavy atom. The monoisotopic (exact) mass is 257 g/mol. The topological polar surface area (TPSA) is 30.5 Å². The predicted octanol–water partition coefficient (Wildman–Crippen LogP) is 2.27. The van der Waals surface area contributed by atoms with E-state index in [4.69, 9.17) is 9.47 Å². The molecule has 76 valence electrons. The number of benzene rings is 1. The van der Waals surface area contributed by atoms with Gasteiger partial charge in [-0.1, -0.05) is 15.9 Å². The SMILES string of the molecule is COCC1CNc2ccc(Br)cc2O1. The van der Waals surface area contributed by atoms with Gasteiger partial charge in [0.2, 0.25) is 0 Å². The number of anilines is 1. The predicted molar refractivity (Wildman–Crippen MR) is 58.9 cm³/mol. The van der Waals surface area contributed by atoms with Gasteiger partial charge in [-0.2, -0.15) is 0 Å². The molecule has 1 heterocycles. The quantitative estimate of drug-likeness (QED) is 0.882. The van der Waals surface area contributed by atoms with E-state index in [1.807, 2.05) is 18.2 Å². The molecule has 1 atom stereocenters. The number of hydrogen-bond acceptors (Lipinski definition) is 3. The average Bonchev–Trinajstić information content (AvgIpc) is 2.17. The van der Waals surface area contributed by atoms with E-state index in [1.54, 1.807) is 7.11 Å². The number of methoxy groups -OCH3 is 1. The average molecular weight is 258 g/mol. The van der Waals surface area contributed by atoms with Crippen molar-refractivity contribution < 1.29 is 9.47 Å². The standard InChI is InChI=1S/C10H12BrNO2/c1-13-6-8-5-12-9-3-2-7(11)4-10(9)14-8/h2-4,8,12H,5-6H2,1H3. The van der Waals surface area contributed by atoms with Crippen molar-refractivity contribution in [3.63, 3.8) is 0 Å². The molecule has 3 nitrogen and oxygen atoms in total. The molecule has 0 fully saturated rings. The summed E-state index contributed by atoms with van der Waals surface area (Å²) < 4.78 is 11.8. The summed E-state index contributed by atoms with van der Waals surface area (Å²) >= 11 is 3.41. The molecule has 1 aromatic rings. The summed E-state index contributed by atoms with van der Waals surface area (Å²) in [4.78, 5) is 0. The van der Waals surface area contributed by atoms with Gasteiger partial charge in [0.25, 0.3) is 0 Å². The van der Waals surface area contributed by atoms with Gasteiger partial charge in [0.15, 0.2) is 0 Å². The highest BCUT2D eigenvalue weighted by Gasteiger charge is 2.18. The Kier molecular flexibility index (Phi) is 2.93. The molecule has 0 spiro atoms. The zero-order chi connectivity index (χ0) is 9.97. The Labute approximate surface area is 91.5 Å². The summed E-state index contributed by atoms with van der Waals surface area (Å²) in [6.45, 7) is 1.40. The van der Waals surface area contributed by atoms with Gasteiger partial charge in [-0.25, -0.2) is 0 Å². The minimum Gasteiger partial charge on any atom is -0.484 e. The number of hydrogen-bond donors (Lipinski definition) is 1. The number of fused-ring (bicyclic) bond motifs is 1. The van der Waals surface area contributed by atoms with Crippen molar-refractivity contribution in [3.8, 4) is 5.75 Å². The first-order chi connectivity index (χ1) is 6.79. The van der Waals surface area contributed by atoms with Crippen molar-refractivity contribution >= 4 is 21.6 Å². The van der Waals surface area contributed by atoms with Crippen LogP contribution in [0.3, 0.4) is 0 Å². The van der Waals surface area contributed by atoms with Gasteiger partial charge >= 0.3 is 0 Å². The van der Waals surface area contributed by atoms with E-state index >= 15 is 0 Å². The summed E-state index contributed by atoms with van der Waals surface area (Å²) in [5.74, 6) is 0.882.